The molecule has 0 aliphatic carbocycles. The molecular formula is C44H30MgN4O. The van der Waals surface area contributed by atoms with Crippen molar-refractivity contribution < 1.29 is 5.11 Å². The molecule has 8 bridgehead atoms. The second-order valence-corrected chi connectivity index (χ2v) is 12.0. The molecule has 6 heteroatoms. The van der Waals surface area contributed by atoms with Crippen LogP contribution in [-0.2, 0) is 0 Å². The SMILES string of the molecule is Oc1ccc(C2=C3C=CC(=N3)C(c3ccccc3)=C3C=CC(=N3)C(c3ccccc3)=C3C=CC(=N3)C(c3ccccc3)=C3C=CC2=N3)cc1.[MgH2]. The molecule has 4 aromatic rings. The molecule has 0 saturated carbocycles. The van der Waals surface area contributed by atoms with Crippen molar-refractivity contribution in [1.82, 2.24) is 0 Å². The quantitative estimate of drug-likeness (QED) is 0.220. The van der Waals surface area contributed by atoms with Gasteiger partial charge in [-0.25, -0.2) is 20.0 Å². The molecule has 0 saturated heterocycles. The smallest absolute Gasteiger partial charge is 0.316 e. The largest absolute Gasteiger partial charge is 0.508 e. The van der Waals surface area contributed by atoms with Gasteiger partial charge in [-0.05, 0) is 83.0 Å². The Balaban J connectivity index is 0.00000361. The Labute approximate surface area is 306 Å². The predicted octanol–water partition coefficient (Wildman–Crippen LogP) is 8.48. The molecule has 5 aliphatic heterocycles. The van der Waals surface area contributed by atoms with Crippen LogP contribution >= 0.6 is 0 Å². The van der Waals surface area contributed by atoms with Gasteiger partial charge >= 0.3 is 23.1 Å². The molecule has 0 unspecified atom stereocenters. The van der Waals surface area contributed by atoms with Gasteiger partial charge in [0, 0.05) is 22.3 Å². The molecule has 0 radical (unpaired) electrons. The molecular weight excluding hydrogens is 625 g/mol. The number of hydrogen-bond acceptors (Lipinski definition) is 5. The van der Waals surface area contributed by atoms with Crippen molar-refractivity contribution in [2.24, 2.45) is 20.0 Å². The zero-order chi connectivity index (χ0) is 32.7. The predicted molar refractivity (Wildman–Crippen MR) is 210 cm³/mol. The van der Waals surface area contributed by atoms with E-state index in [1.165, 1.54) is 0 Å². The van der Waals surface area contributed by atoms with Crippen molar-refractivity contribution in [2.75, 3.05) is 0 Å². The third-order valence-corrected chi connectivity index (χ3v) is 8.95. The number of phenolic OH excluding ortho intramolecular Hbond substituents is 1. The van der Waals surface area contributed by atoms with Crippen LogP contribution in [0.4, 0.5) is 0 Å². The summed E-state index contributed by atoms with van der Waals surface area (Å²) in [5, 5.41) is 10.2. The van der Waals surface area contributed by atoms with Crippen LogP contribution in [0.1, 0.15) is 22.3 Å². The Morgan fingerprint density at radius 2 is 0.560 bits per heavy atom. The fraction of sp³-hybridized carbons (Fsp3) is 0. The first kappa shape index (κ1) is 31.3. The molecule has 5 heterocycles. The molecule has 9 rings (SSSR count). The number of nitrogens with zero attached hydrogens (tertiary/aromatic N) is 4. The van der Waals surface area contributed by atoms with E-state index in [9.17, 15) is 5.11 Å². The number of phenols is 1. The molecule has 0 aromatic heterocycles. The Hall–Kier alpha value is -5.95. The summed E-state index contributed by atoms with van der Waals surface area (Å²) < 4.78 is 0. The fourth-order valence-corrected chi connectivity index (χ4v) is 6.71. The van der Waals surface area contributed by atoms with Crippen LogP contribution in [0.3, 0.4) is 0 Å². The molecule has 0 atom stereocenters. The molecule has 5 aliphatic rings. The number of aliphatic imine (C=N–C) groups is 4. The van der Waals surface area contributed by atoms with E-state index in [2.05, 4.69) is 72.9 Å². The standard InChI is InChI=1S/C44H28N4O.Mg.2H/c49-32-18-16-31(17-19-32)44-39-26-24-37(47-39)42(29-12-6-2-7-13-29)35-22-20-33(45-35)41(28-10-4-1-5-11-28)34-21-23-36(46-34)43(30-14-8-3-9-15-30)38-25-27-40(44)48-38;;;/h1-27,49H;;;. The fourth-order valence-electron chi connectivity index (χ4n) is 6.71. The first-order chi connectivity index (χ1) is 24.2. The maximum atomic E-state index is 10.2. The van der Waals surface area contributed by atoms with Crippen LogP contribution in [0, 0.1) is 0 Å². The summed E-state index contributed by atoms with van der Waals surface area (Å²) >= 11 is 0. The average molecular weight is 655 g/mol. The number of hydrogen-bond donors (Lipinski definition) is 1. The summed E-state index contributed by atoms with van der Waals surface area (Å²) in [5.41, 5.74) is 14.2. The van der Waals surface area contributed by atoms with Gasteiger partial charge in [-0.1, -0.05) is 103 Å². The van der Waals surface area contributed by atoms with Gasteiger partial charge in [0.1, 0.15) is 5.75 Å². The monoisotopic (exact) mass is 654 g/mol. The van der Waals surface area contributed by atoms with Gasteiger partial charge in [-0.15, -0.1) is 0 Å². The lowest BCUT2D eigenvalue weighted by atomic mass is 9.98. The van der Waals surface area contributed by atoms with E-state index in [4.69, 9.17) is 20.0 Å². The highest BCUT2D eigenvalue weighted by Crippen LogP contribution is 2.38. The van der Waals surface area contributed by atoms with Crippen LogP contribution < -0.4 is 0 Å². The summed E-state index contributed by atoms with van der Waals surface area (Å²) in [5.74, 6) is 0.201. The number of allylic oxidation sites excluding steroid dienone is 12. The van der Waals surface area contributed by atoms with E-state index in [1.54, 1.807) is 12.1 Å². The number of benzene rings is 4. The highest BCUT2D eigenvalue weighted by Gasteiger charge is 2.27. The lowest BCUT2D eigenvalue weighted by Crippen LogP contribution is -2.03. The van der Waals surface area contributed by atoms with Gasteiger partial charge in [0.15, 0.2) is 0 Å². The van der Waals surface area contributed by atoms with Gasteiger partial charge in [-0.2, -0.15) is 0 Å². The first-order valence-electron chi connectivity index (χ1n) is 16.2. The maximum Gasteiger partial charge on any atom is 0.316 e. The van der Waals surface area contributed by atoms with Crippen LogP contribution in [-0.4, -0.2) is 51.0 Å². The van der Waals surface area contributed by atoms with Crippen LogP contribution in [0.2, 0.25) is 0 Å². The van der Waals surface area contributed by atoms with E-state index in [-0.39, 0.29) is 28.8 Å². The Bertz CT molecular complexity index is 2400. The van der Waals surface area contributed by atoms with Gasteiger partial charge in [0.2, 0.25) is 0 Å². The second-order valence-electron chi connectivity index (χ2n) is 12.0. The second kappa shape index (κ2) is 13.2. The van der Waals surface area contributed by atoms with Gasteiger partial charge < -0.3 is 5.11 Å². The van der Waals surface area contributed by atoms with Crippen molar-refractivity contribution in [3.05, 3.63) is 209 Å². The van der Waals surface area contributed by atoms with Crippen molar-refractivity contribution >= 4 is 68.2 Å². The summed E-state index contributed by atoms with van der Waals surface area (Å²) in [7, 11) is 0. The first-order valence-corrected chi connectivity index (χ1v) is 16.2. The lowest BCUT2D eigenvalue weighted by molar-refractivity contribution is 0.475. The van der Waals surface area contributed by atoms with E-state index >= 15 is 0 Å². The van der Waals surface area contributed by atoms with Crippen LogP contribution in [0.25, 0.3) is 22.3 Å². The van der Waals surface area contributed by atoms with Crippen molar-refractivity contribution in [3.8, 4) is 5.75 Å². The average Bonchev–Trinajstić information content (AvgIpc) is 3.98. The number of fused-ring (bicyclic) bond motifs is 4. The molecule has 4 aromatic carbocycles. The third-order valence-electron chi connectivity index (χ3n) is 8.95. The van der Waals surface area contributed by atoms with Gasteiger partial charge in [-0.3, -0.25) is 0 Å². The van der Waals surface area contributed by atoms with E-state index in [1.807, 2.05) is 78.9 Å². The van der Waals surface area contributed by atoms with Crippen LogP contribution in [0.5, 0.6) is 5.75 Å². The van der Waals surface area contributed by atoms with Crippen molar-refractivity contribution in [3.63, 3.8) is 0 Å². The normalized spacial score (nSPS) is 17.4. The minimum atomic E-state index is 0. The summed E-state index contributed by atoms with van der Waals surface area (Å²) in [6.07, 6.45) is 16.5. The zero-order valence-electron chi connectivity index (χ0n) is 26.3. The summed E-state index contributed by atoms with van der Waals surface area (Å²) in [6, 6.07) is 38.1. The number of rotatable bonds is 4. The van der Waals surface area contributed by atoms with Crippen LogP contribution in [0.15, 0.2) is 207 Å². The number of aromatic hydroxyl groups is 1. The molecule has 234 valence electrons. The maximum absolute atomic E-state index is 10.2. The van der Waals surface area contributed by atoms with E-state index < -0.39 is 0 Å². The van der Waals surface area contributed by atoms with Crippen molar-refractivity contribution in [2.45, 2.75) is 0 Å². The molecule has 0 fully saturated rings. The Kier molecular flexibility index (Phi) is 8.24. The third kappa shape index (κ3) is 5.64. The zero-order valence-corrected chi connectivity index (χ0v) is 26.3. The van der Waals surface area contributed by atoms with Gasteiger partial charge in [0.25, 0.3) is 0 Å². The molecule has 5 nitrogen and oxygen atoms in total. The molecule has 1 N–H and O–H groups in total. The summed E-state index contributed by atoms with van der Waals surface area (Å²) in [6.45, 7) is 0. The van der Waals surface area contributed by atoms with E-state index in [0.717, 1.165) is 90.2 Å². The molecule has 0 amide bonds. The highest BCUT2D eigenvalue weighted by molar-refractivity contribution is 6.39. The highest BCUT2D eigenvalue weighted by atomic mass is 24.3. The van der Waals surface area contributed by atoms with Gasteiger partial charge in [0.05, 0.1) is 45.6 Å². The van der Waals surface area contributed by atoms with Crippen molar-refractivity contribution in [1.29, 1.82) is 0 Å². The molecule has 0 spiro atoms. The molecule has 50 heavy (non-hydrogen) atoms. The minimum Gasteiger partial charge on any atom is -0.508 e. The summed E-state index contributed by atoms with van der Waals surface area (Å²) in [4.78, 5) is 21.1. The Morgan fingerprint density at radius 1 is 0.300 bits per heavy atom. The lowest BCUT2D eigenvalue weighted by Gasteiger charge is -2.12. The van der Waals surface area contributed by atoms with E-state index in [0.29, 0.717) is 0 Å². The minimum absolute atomic E-state index is 0. The Morgan fingerprint density at radius 3 is 0.840 bits per heavy atom. The topological polar surface area (TPSA) is 69.7 Å².